The highest BCUT2D eigenvalue weighted by Gasteiger charge is 2.40. The van der Waals surface area contributed by atoms with Gasteiger partial charge in [-0.2, -0.15) is 0 Å². The van der Waals surface area contributed by atoms with Crippen molar-refractivity contribution in [2.24, 2.45) is 11.3 Å². The third kappa shape index (κ3) is 4.82. The standard InChI is InChI=1S/C14H25NO4/c1-11(9-12(16)17)10-15-13(18)14(7-8-19-2)5-3-4-6-14/h11H,3-10H2,1-2H3,(H,15,18)(H,16,17). The van der Waals surface area contributed by atoms with Crippen LogP contribution >= 0.6 is 0 Å². The predicted molar refractivity (Wildman–Crippen MR) is 71.8 cm³/mol. The first-order chi connectivity index (χ1) is 9.00. The van der Waals surface area contributed by atoms with Crippen molar-refractivity contribution in [1.82, 2.24) is 5.32 Å². The maximum atomic E-state index is 12.3. The summed E-state index contributed by atoms with van der Waals surface area (Å²) in [6.45, 7) is 2.86. The second kappa shape index (κ2) is 7.48. The molecular formula is C14H25NO4. The van der Waals surface area contributed by atoms with Crippen LogP contribution in [0.4, 0.5) is 0 Å². The van der Waals surface area contributed by atoms with Gasteiger partial charge in [0.05, 0.1) is 5.41 Å². The number of amides is 1. The maximum Gasteiger partial charge on any atom is 0.303 e. The van der Waals surface area contributed by atoms with E-state index >= 15 is 0 Å². The van der Waals surface area contributed by atoms with Crippen LogP contribution in [0.5, 0.6) is 0 Å². The molecule has 1 amide bonds. The zero-order valence-electron chi connectivity index (χ0n) is 11.9. The van der Waals surface area contributed by atoms with Crippen LogP contribution in [-0.4, -0.2) is 37.2 Å². The van der Waals surface area contributed by atoms with Crippen molar-refractivity contribution in [2.45, 2.75) is 45.4 Å². The van der Waals surface area contributed by atoms with Crippen molar-refractivity contribution in [1.29, 1.82) is 0 Å². The van der Waals surface area contributed by atoms with Gasteiger partial charge in [0.1, 0.15) is 0 Å². The number of methoxy groups -OCH3 is 1. The minimum Gasteiger partial charge on any atom is -0.481 e. The number of hydrogen-bond donors (Lipinski definition) is 2. The Morgan fingerprint density at radius 2 is 2.00 bits per heavy atom. The van der Waals surface area contributed by atoms with E-state index in [0.29, 0.717) is 13.2 Å². The Morgan fingerprint density at radius 1 is 1.37 bits per heavy atom. The van der Waals surface area contributed by atoms with E-state index in [2.05, 4.69) is 5.32 Å². The molecule has 19 heavy (non-hydrogen) atoms. The summed E-state index contributed by atoms with van der Waals surface area (Å²) in [4.78, 5) is 22.9. The van der Waals surface area contributed by atoms with E-state index in [9.17, 15) is 9.59 Å². The summed E-state index contributed by atoms with van der Waals surface area (Å²) in [5.74, 6) is -0.793. The van der Waals surface area contributed by atoms with Gasteiger partial charge in [-0.25, -0.2) is 0 Å². The summed E-state index contributed by atoms with van der Waals surface area (Å²) in [6, 6.07) is 0. The first-order valence-corrected chi connectivity index (χ1v) is 6.99. The van der Waals surface area contributed by atoms with Crippen LogP contribution in [0, 0.1) is 11.3 Å². The largest absolute Gasteiger partial charge is 0.481 e. The second-order valence-electron chi connectivity index (χ2n) is 5.64. The molecule has 1 unspecified atom stereocenters. The quantitative estimate of drug-likeness (QED) is 0.706. The van der Waals surface area contributed by atoms with Crippen LogP contribution in [0.3, 0.4) is 0 Å². The van der Waals surface area contributed by atoms with Gasteiger partial charge in [-0.15, -0.1) is 0 Å². The van der Waals surface area contributed by atoms with Crippen molar-refractivity contribution in [3.63, 3.8) is 0 Å². The van der Waals surface area contributed by atoms with Gasteiger partial charge in [0.25, 0.3) is 0 Å². The number of carboxylic acid groups (broad SMARTS) is 1. The number of carbonyl (C=O) groups is 2. The Morgan fingerprint density at radius 3 is 2.53 bits per heavy atom. The zero-order chi connectivity index (χ0) is 14.3. The summed E-state index contributed by atoms with van der Waals surface area (Å²) in [5, 5.41) is 11.6. The molecule has 0 saturated heterocycles. The van der Waals surface area contributed by atoms with E-state index in [0.717, 1.165) is 32.1 Å². The number of ether oxygens (including phenoxy) is 1. The lowest BCUT2D eigenvalue weighted by atomic mass is 9.82. The highest BCUT2D eigenvalue weighted by molar-refractivity contribution is 5.83. The molecule has 110 valence electrons. The lowest BCUT2D eigenvalue weighted by molar-refractivity contribution is -0.138. The Hall–Kier alpha value is -1.10. The summed E-state index contributed by atoms with van der Waals surface area (Å²) in [5.41, 5.74) is -0.293. The van der Waals surface area contributed by atoms with E-state index in [1.165, 1.54) is 0 Å². The fraction of sp³-hybridized carbons (Fsp3) is 0.857. The molecule has 5 nitrogen and oxygen atoms in total. The number of nitrogens with one attached hydrogen (secondary N) is 1. The number of carbonyl (C=O) groups excluding carboxylic acids is 1. The van der Waals surface area contributed by atoms with Crippen LogP contribution in [0.15, 0.2) is 0 Å². The lowest BCUT2D eigenvalue weighted by Gasteiger charge is -2.28. The van der Waals surface area contributed by atoms with Crippen LogP contribution in [0.1, 0.15) is 45.4 Å². The summed E-state index contributed by atoms with van der Waals surface area (Å²) in [6.07, 6.45) is 4.84. The normalized spacial score (nSPS) is 19.1. The predicted octanol–water partition coefficient (Wildman–Crippen LogP) is 1.81. The van der Waals surface area contributed by atoms with Gasteiger partial charge >= 0.3 is 5.97 Å². The van der Waals surface area contributed by atoms with Gasteiger partial charge in [-0.3, -0.25) is 9.59 Å². The highest BCUT2D eigenvalue weighted by Crippen LogP contribution is 2.41. The fourth-order valence-corrected chi connectivity index (χ4v) is 2.76. The number of hydrogen-bond acceptors (Lipinski definition) is 3. The van der Waals surface area contributed by atoms with Crippen LogP contribution < -0.4 is 5.32 Å². The smallest absolute Gasteiger partial charge is 0.303 e. The first kappa shape index (κ1) is 16.0. The molecule has 5 heteroatoms. The van der Waals surface area contributed by atoms with Crippen LogP contribution in [0.25, 0.3) is 0 Å². The zero-order valence-corrected chi connectivity index (χ0v) is 11.9. The fourth-order valence-electron chi connectivity index (χ4n) is 2.76. The molecule has 0 spiro atoms. The molecule has 0 bridgehead atoms. The van der Waals surface area contributed by atoms with Gasteiger partial charge in [-0.1, -0.05) is 19.8 Å². The molecule has 1 fully saturated rings. The van der Waals surface area contributed by atoms with Crippen molar-refractivity contribution in [3.8, 4) is 0 Å². The Bertz CT molecular complexity index is 311. The molecule has 1 saturated carbocycles. The van der Waals surface area contributed by atoms with Gasteiger partial charge in [0.15, 0.2) is 0 Å². The average molecular weight is 271 g/mol. The molecule has 1 aliphatic rings. The monoisotopic (exact) mass is 271 g/mol. The highest BCUT2D eigenvalue weighted by atomic mass is 16.5. The Kier molecular flexibility index (Phi) is 6.28. The summed E-state index contributed by atoms with van der Waals surface area (Å²) >= 11 is 0. The molecule has 0 aliphatic heterocycles. The van der Waals surface area contributed by atoms with Crippen molar-refractivity contribution < 1.29 is 19.4 Å². The number of carboxylic acids is 1. The van der Waals surface area contributed by atoms with Gasteiger partial charge in [0, 0.05) is 26.7 Å². The average Bonchev–Trinajstić information content (AvgIpc) is 2.82. The van der Waals surface area contributed by atoms with Crippen LogP contribution in [0.2, 0.25) is 0 Å². The molecule has 0 aromatic carbocycles. The molecule has 1 atom stereocenters. The van der Waals surface area contributed by atoms with Crippen molar-refractivity contribution >= 4 is 11.9 Å². The topological polar surface area (TPSA) is 75.6 Å². The molecule has 1 aliphatic carbocycles. The molecule has 2 N–H and O–H groups in total. The van der Waals surface area contributed by atoms with Crippen molar-refractivity contribution in [3.05, 3.63) is 0 Å². The minimum absolute atomic E-state index is 0.0395. The summed E-state index contributed by atoms with van der Waals surface area (Å²) in [7, 11) is 1.65. The van der Waals surface area contributed by atoms with Gasteiger partial charge in [-0.05, 0) is 25.2 Å². The van der Waals surface area contributed by atoms with Gasteiger partial charge in [0.2, 0.25) is 5.91 Å². The Labute approximate surface area is 114 Å². The van der Waals surface area contributed by atoms with E-state index in [-0.39, 0.29) is 23.7 Å². The van der Waals surface area contributed by atoms with E-state index in [1.54, 1.807) is 7.11 Å². The SMILES string of the molecule is COCCC1(C(=O)NCC(C)CC(=O)O)CCCC1. The van der Waals surface area contributed by atoms with E-state index < -0.39 is 5.97 Å². The summed E-state index contributed by atoms with van der Waals surface area (Å²) < 4.78 is 5.10. The maximum absolute atomic E-state index is 12.3. The molecule has 0 aromatic rings. The van der Waals surface area contributed by atoms with E-state index in [4.69, 9.17) is 9.84 Å². The molecule has 0 aromatic heterocycles. The third-order valence-electron chi connectivity index (χ3n) is 3.96. The van der Waals surface area contributed by atoms with Crippen molar-refractivity contribution in [2.75, 3.05) is 20.3 Å². The number of aliphatic carboxylic acids is 1. The molecular weight excluding hydrogens is 246 g/mol. The lowest BCUT2D eigenvalue weighted by Crippen LogP contribution is -2.41. The Balaban J connectivity index is 2.46. The third-order valence-corrected chi connectivity index (χ3v) is 3.96. The molecule has 0 radical (unpaired) electrons. The first-order valence-electron chi connectivity index (χ1n) is 6.99. The van der Waals surface area contributed by atoms with Gasteiger partial charge < -0.3 is 15.2 Å². The number of rotatable bonds is 8. The van der Waals surface area contributed by atoms with Crippen LogP contribution in [-0.2, 0) is 14.3 Å². The molecule has 1 rings (SSSR count). The second-order valence-corrected chi connectivity index (χ2v) is 5.64. The molecule has 0 heterocycles. The van der Waals surface area contributed by atoms with E-state index in [1.807, 2.05) is 6.92 Å². The minimum atomic E-state index is -0.822.